The molecule has 3 rings (SSSR count). The highest BCUT2D eigenvalue weighted by atomic mass is 16.3. The summed E-state index contributed by atoms with van der Waals surface area (Å²) in [5, 5.41) is 10.8. The number of hydrogen-bond acceptors (Lipinski definition) is 1. The molecular formula is C17H24O. The van der Waals surface area contributed by atoms with Crippen molar-refractivity contribution < 1.29 is 5.11 Å². The van der Waals surface area contributed by atoms with E-state index in [9.17, 15) is 5.11 Å². The number of aryl methyl sites for hydroxylation is 1. The topological polar surface area (TPSA) is 20.2 Å². The van der Waals surface area contributed by atoms with Crippen molar-refractivity contribution in [3.05, 3.63) is 35.9 Å². The number of hydrogen-bond donors (Lipinski definition) is 1. The van der Waals surface area contributed by atoms with Gasteiger partial charge in [0.1, 0.15) is 0 Å². The predicted octanol–water partition coefficient (Wildman–Crippen LogP) is 3.95. The van der Waals surface area contributed by atoms with Crippen molar-refractivity contribution in [2.24, 2.45) is 11.8 Å². The van der Waals surface area contributed by atoms with Crippen molar-refractivity contribution >= 4 is 0 Å². The van der Waals surface area contributed by atoms with Crippen molar-refractivity contribution in [2.75, 3.05) is 0 Å². The SMILES string of the molecule is OC1(CCc2ccccc2)CCCC(C2CC2)C1. The fourth-order valence-corrected chi connectivity index (χ4v) is 3.60. The molecule has 0 amide bonds. The quantitative estimate of drug-likeness (QED) is 0.850. The first kappa shape index (κ1) is 12.2. The Morgan fingerprint density at radius 3 is 2.56 bits per heavy atom. The molecule has 0 spiro atoms. The minimum absolute atomic E-state index is 0.374. The fraction of sp³-hybridized carbons (Fsp3) is 0.647. The summed E-state index contributed by atoms with van der Waals surface area (Å²) in [5.74, 6) is 1.77. The van der Waals surface area contributed by atoms with Crippen molar-refractivity contribution in [1.82, 2.24) is 0 Å². The van der Waals surface area contributed by atoms with E-state index in [0.717, 1.165) is 37.5 Å². The highest BCUT2D eigenvalue weighted by Crippen LogP contribution is 2.47. The van der Waals surface area contributed by atoms with Crippen LogP contribution in [0.4, 0.5) is 0 Å². The molecular weight excluding hydrogens is 220 g/mol. The van der Waals surface area contributed by atoms with Crippen molar-refractivity contribution in [3.63, 3.8) is 0 Å². The largest absolute Gasteiger partial charge is 0.390 e. The van der Waals surface area contributed by atoms with Gasteiger partial charge in [-0.15, -0.1) is 0 Å². The van der Waals surface area contributed by atoms with Crippen LogP contribution in [-0.2, 0) is 6.42 Å². The standard InChI is InChI=1S/C17H24O/c18-17(12-10-14-5-2-1-3-6-14)11-4-7-16(13-17)15-8-9-15/h1-3,5-6,15-16,18H,4,7-13H2. The van der Waals surface area contributed by atoms with E-state index in [1.807, 2.05) is 0 Å². The Balaban J connectivity index is 1.56. The Morgan fingerprint density at radius 1 is 1.06 bits per heavy atom. The van der Waals surface area contributed by atoms with Gasteiger partial charge in [0, 0.05) is 0 Å². The van der Waals surface area contributed by atoms with Gasteiger partial charge >= 0.3 is 0 Å². The maximum atomic E-state index is 10.8. The van der Waals surface area contributed by atoms with Crippen LogP contribution in [-0.4, -0.2) is 10.7 Å². The summed E-state index contributed by atoms with van der Waals surface area (Å²) in [6.45, 7) is 0. The molecule has 18 heavy (non-hydrogen) atoms. The average molecular weight is 244 g/mol. The normalized spacial score (nSPS) is 32.4. The zero-order valence-corrected chi connectivity index (χ0v) is 11.1. The molecule has 1 N–H and O–H groups in total. The zero-order chi connectivity index (χ0) is 12.4. The van der Waals surface area contributed by atoms with Crippen LogP contribution < -0.4 is 0 Å². The molecule has 0 aromatic heterocycles. The summed E-state index contributed by atoms with van der Waals surface area (Å²) in [5.41, 5.74) is 0.987. The number of benzene rings is 1. The molecule has 1 nitrogen and oxygen atoms in total. The van der Waals surface area contributed by atoms with E-state index >= 15 is 0 Å². The minimum atomic E-state index is -0.374. The van der Waals surface area contributed by atoms with Crippen LogP contribution in [0.5, 0.6) is 0 Å². The van der Waals surface area contributed by atoms with Gasteiger partial charge in [0.05, 0.1) is 5.60 Å². The van der Waals surface area contributed by atoms with Crippen molar-refractivity contribution in [1.29, 1.82) is 0 Å². The first-order chi connectivity index (χ1) is 8.75. The molecule has 0 saturated heterocycles. The molecule has 98 valence electrons. The van der Waals surface area contributed by atoms with Crippen LogP contribution >= 0.6 is 0 Å². The molecule has 2 saturated carbocycles. The maximum absolute atomic E-state index is 10.8. The zero-order valence-electron chi connectivity index (χ0n) is 11.1. The van der Waals surface area contributed by atoms with Gasteiger partial charge in [-0.1, -0.05) is 36.8 Å². The van der Waals surface area contributed by atoms with E-state index in [2.05, 4.69) is 30.3 Å². The Labute approximate surface area is 110 Å². The Bertz CT molecular complexity index is 382. The highest BCUT2D eigenvalue weighted by Gasteiger charge is 2.40. The van der Waals surface area contributed by atoms with Crippen LogP contribution in [0.25, 0.3) is 0 Å². The summed E-state index contributed by atoms with van der Waals surface area (Å²) in [6, 6.07) is 10.6. The lowest BCUT2D eigenvalue weighted by Crippen LogP contribution is -2.36. The second-order valence-electron chi connectivity index (χ2n) is 6.40. The first-order valence-corrected chi connectivity index (χ1v) is 7.51. The average Bonchev–Trinajstić information content (AvgIpc) is 3.22. The highest BCUT2D eigenvalue weighted by molar-refractivity contribution is 5.15. The molecule has 1 heteroatoms. The van der Waals surface area contributed by atoms with Crippen LogP contribution in [0, 0.1) is 11.8 Å². The lowest BCUT2D eigenvalue weighted by Gasteiger charge is -2.37. The molecule has 0 aliphatic heterocycles. The van der Waals surface area contributed by atoms with Crippen LogP contribution in [0.2, 0.25) is 0 Å². The smallest absolute Gasteiger partial charge is 0.0653 e. The number of rotatable bonds is 4. The first-order valence-electron chi connectivity index (χ1n) is 7.51. The molecule has 0 heterocycles. The molecule has 2 aliphatic rings. The van der Waals surface area contributed by atoms with Crippen LogP contribution in [0.15, 0.2) is 30.3 Å². The third-order valence-electron chi connectivity index (χ3n) is 4.87. The molecule has 0 radical (unpaired) electrons. The monoisotopic (exact) mass is 244 g/mol. The second-order valence-corrected chi connectivity index (χ2v) is 6.40. The van der Waals surface area contributed by atoms with E-state index in [-0.39, 0.29) is 5.60 Å². The minimum Gasteiger partial charge on any atom is -0.390 e. The summed E-state index contributed by atoms with van der Waals surface area (Å²) < 4.78 is 0. The van der Waals surface area contributed by atoms with Crippen LogP contribution in [0.3, 0.4) is 0 Å². The van der Waals surface area contributed by atoms with E-state index in [0.29, 0.717) is 0 Å². The summed E-state index contributed by atoms with van der Waals surface area (Å²) >= 11 is 0. The third-order valence-corrected chi connectivity index (χ3v) is 4.87. The third kappa shape index (κ3) is 2.95. The molecule has 2 unspecified atom stereocenters. The van der Waals surface area contributed by atoms with Crippen molar-refractivity contribution in [2.45, 2.75) is 57.0 Å². The van der Waals surface area contributed by atoms with E-state index < -0.39 is 0 Å². The van der Waals surface area contributed by atoms with E-state index in [1.54, 1.807) is 0 Å². The Hall–Kier alpha value is -0.820. The number of aliphatic hydroxyl groups is 1. The molecule has 2 atom stereocenters. The van der Waals surface area contributed by atoms with Gasteiger partial charge in [-0.05, 0) is 62.3 Å². The van der Waals surface area contributed by atoms with Gasteiger partial charge in [0.2, 0.25) is 0 Å². The molecule has 1 aromatic rings. The fourth-order valence-electron chi connectivity index (χ4n) is 3.60. The van der Waals surface area contributed by atoms with Gasteiger partial charge in [-0.3, -0.25) is 0 Å². The summed E-state index contributed by atoms with van der Waals surface area (Å²) in [6.07, 6.45) is 9.46. The molecule has 2 aliphatic carbocycles. The molecule has 1 aromatic carbocycles. The lowest BCUT2D eigenvalue weighted by molar-refractivity contribution is -0.0266. The van der Waals surface area contributed by atoms with Gasteiger partial charge in [-0.25, -0.2) is 0 Å². The van der Waals surface area contributed by atoms with Gasteiger partial charge < -0.3 is 5.11 Å². The van der Waals surface area contributed by atoms with Crippen LogP contribution in [0.1, 0.15) is 50.5 Å². The van der Waals surface area contributed by atoms with Crippen molar-refractivity contribution in [3.8, 4) is 0 Å². The predicted molar refractivity (Wildman–Crippen MR) is 74.4 cm³/mol. The van der Waals surface area contributed by atoms with Gasteiger partial charge in [0.15, 0.2) is 0 Å². The second kappa shape index (κ2) is 5.05. The van der Waals surface area contributed by atoms with E-state index in [1.165, 1.54) is 31.2 Å². The molecule has 2 fully saturated rings. The Kier molecular flexibility index (Phi) is 3.43. The summed E-state index contributed by atoms with van der Waals surface area (Å²) in [7, 11) is 0. The van der Waals surface area contributed by atoms with E-state index in [4.69, 9.17) is 0 Å². The summed E-state index contributed by atoms with van der Waals surface area (Å²) in [4.78, 5) is 0. The van der Waals surface area contributed by atoms with Gasteiger partial charge in [0.25, 0.3) is 0 Å². The lowest BCUT2D eigenvalue weighted by atomic mass is 9.73. The Morgan fingerprint density at radius 2 is 1.83 bits per heavy atom. The molecule has 0 bridgehead atoms. The maximum Gasteiger partial charge on any atom is 0.0653 e. The van der Waals surface area contributed by atoms with Gasteiger partial charge in [-0.2, -0.15) is 0 Å².